The number of hydrogen-bond acceptors (Lipinski definition) is 4. The molecule has 1 atom stereocenters. The molecule has 0 aliphatic carbocycles. The van der Waals surface area contributed by atoms with Crippen molar-refractivity contribution >= 4 is 21.8 Å². The van der Waals surface area contributed by atoms with Crippen LogP contribution >= 0.6 is 0 Å². The number of hydrogen-bond donors (Lipinski definition) is 1. The molecule has 138 valence electrons. The first-order valence-corrected chi connectivity index (χ1v) is 9.86. The number of halogens is 1. The van der Waals surface area contributed by atoms with Crippen molar-refractivity contribution in [3.05, 3.63) is 35.1 Å². The third-order valence-corrected chi connectivity index (χ3v) is 5.44. The fourth-order valence-corrected chi connectivity index (χ4v) is 4.17. The molecule has 0 saturated carbocycles. The highest BCUT2D eigenvalue weighted by Crippen LogP contribution is 2.20. The number of benzene rings is 1. The van der Waals surface area contributed by atoms with Gasteiger partial charge < -0.3 is 4.90 Å². The number of likely N-dealkylation sites (tertiary alicyclic amines) is 1. The first kappa shape index (κ1) is 19.4. The van der Waals surface area contributed by atoms with Gasteiger partial charge in [-0.25, -0.2) is 12.8 Å². The van der Waals surface area contributed by atoms with Gasteiger partial charge in [-0.05, 0) is 43.0 Å². The fourth-order valence-electron chi connectivity index (χ4n) is 2.92. The van der Waals surface area contributed by atoms with Crippen molar-refractivity contribution in [3.63, 3.8) is 0 Å². The van der Waals surface area contributed by atoms with Crippen LogP contribution in [0, 0.1) is 18.7 Å². The number of nitrogens with zero attached hydrogens (tertiary/aromatic N) is 1. The van der Waals surface area contributed by atoms with Crippen molar-refractivity contribution in [1.29, 1.82) is 0 Å². The largest absolute Gasteiger partial charge is 0.330 e. The summed E-state index contributed by atoms with van der Waals surface area (Å²) in [6.07, 6.45) is 1.10. The highest BCUT2D eigenvalue weighted by atomic mass is 32.2. The molecular formula is C17H23FN2O4S. The number of aryl methyl sites for hydroxylation is 1. The Labute approximate surface area is 147 Å². The molecule has 1 aromatic carbocycles. The predicted octanol–water partition coefficient (Wildman–Crippen LogP) is 1.73. The molecule has 1 aliphatic rings. The summed E-state index contributed by atoms with van der Waals surface area (Å²) in [5, 5.41) is 0. The zero-order chi connectivity index (χ0) is 18.8. The van der Waals surface area contributed by atoms with Gasteiger partial charge in [0.15, 0.2) is 0 Å². The summed E-state index contributed by atoms with van der Waals surface area (Å²) in [6, 6.07) is 3.05. The van der Waals surface area contributed by atoms with Crippen LogP contribution in [-0.2, 0) is 25.4 Å². The van der Waals surface area contributed by atoms with Gasteiger partial charge in [-0.1, -0.05) is 19.9 Å². The normalized spacial score (nSPS) is 17.8. The number of carbonyl (C=O) groups is 2. The Morgan fingerprint density at radius 2 is 2.04 bits per heavy atom. The Balaban J connectivity index is 2.09. The number of rotatable bonds is 5. The van der Waals surface area contributed by atoms with Gasteiger partial charge in [-0.3, -0.25) is 14.3 Å². The quantitative estimate of drug-likeness (QED) is 0.856. The van der Waals surface area contributed by atoms with E-state index in [1.54, 1.807) is 20.8 Å². The van der Waals surface area contributed by atoms with E-state index in [2.05, 4.69) is 4.72 Å². The van der Waals surface area contributed by atoms with Crippen LogP contribution in [0.15, 0.2) is 18.2 Å². The molecule has 6 nitrogen and oxygen atoms in total. The number of amides is 2. The third-order valence-electron chi connectivity index (χ3n) is 4.24. The number of sulfonamides is 1. The average Bonchev–Trinajstić information content (AvgIpc) is 2.98. The monoisotopic (exact) mass is 370 g/mol. The molecule has 1 heterocycles. The van der Waals surface area contributed by atoms with E-state index in [4.69, 9.17) is 0 Å². The molecule has 1 N–H and O–H groups in total. The van der Waals surface area contributed by atoms with E-state index in [1.165, 1.54) is 23.1 Å². The summed E-state index contributed by atoms with van der Waals surface area (Å²) in [5.74, 6) is -1.98. The van der Waals surface area contributed by atoms with Crippen LogP contribution < -0.4 is 4.72 Å². The van der Waals surface area contributed by atoms with Gasteiger partial charge in [0.05, 0.1) is 5.75 Å². The Kier molecular flexibility index (Phi) is 5.82. The van der Waals surface area contributed by atoms with Crippen LogP contribution in [0.2, 0.25) is 0 Å². The number of carbonyl (C=O) groups excluding carboxylic acids is 2. The molecule has 1 aliphatic heterocycles. The zero-order valence-electron chi connectivity index (χ0n) is 14.6. The first-order chi connectivity index (χ1) is 11.6. The van der Waals surface area contributed by atoms with Gasteiger partial charge in [-0.2, -0.15) is 0 Å². The fraction of sp³-hybridized carbons (Fsp3) is 0.529. The molecule has 25 heavy (non-hydrogen) atoms. The summed E-state index contributed by atoms with van der Waals surface area (Å²) < 4.78 is 39.8. The van der Waals surface area contributed by atoms with Gasteiger partial charge in [0.1, 0.15) is 11.9 Å². The molecule has 8 heteroatoms. The predicted molar refractivity (Wildman–Crippen MR) is 91.5 cm³/mol. The topological polar surface area (TPSA) is 83.6 Å². The molecule has 1 aromatic rings. The molecular weight excluding hydrogens is 347 g/mol. The van der Waals surface area contributed by atoms with Gasteiger partial charge in [-0.15, -0.1) is 0 Å². The summed E-state index contributed by atoms with van der Waals surface area (Å²) >= 11 is 0. The maximum atomic E-state index is 13.1. The lowest BCUT2D eigenvalue weighted by atomic mass is 10.1. The minimum atomic E-state index is -3.94. The van der Waals surface area contributed by atoms with E-state index in [0.29, 0.717) is 30.5 Å². The molecule has 2 rings (SSSR count). The third kappa shape index (κ3) is 4.78. The summed E-state index contributed by atoms with van der Waals surface area (Å²) in [7, 11) is -3.94. The van der Waals surface area contributed by atoms with Crippen LogP contribution in [0.5, 0.6) is 0 Å². The summed E-state index contributed by atoms with van der Waals surface area (Å²) in [4.78, 5) is 26.0. The molecule has 1 saturated heterocycles. The van der Waals surface area contributed by atoms with E-state index in [1.807, 2.05) is 0 Å². The second kappa shape index (κ2) is 7.51. The van der Waals surface area contributed by atoms with E-state index < -0.39 is 33.5 Å². The zero-order valence-corrected chi connectivity index (χ0v) is 15.4. The first-order valence-electron chi connectivity index (χ1n) is 8.20. The van der Waals surface area contributed by atoms with E-state index in [-0.39, 0.29) is 11.8 Å². The molecule has 0 spiro atoms. The Hall–Kier alpha value is -1.96. The number of nitrogens with one attached hydrogen (secondary N) is 1. The van der Waals surface area contributed by atoms with Crippen LogP contribution in [0.3, 0.4) is 0 Å². The van der Waals surface area contributed by atoms with E-state index in [9.17, 15) is 22.4 Å². The smallest absolute Gasteiger partial charge is 0.256 e. The Morgan fingerprint density at radius 1 is 1.36 bits per heavy atom. The van der Waals surface area contributed by atoms with Crippen molar-refractivity contribution in [2.45, 2.75) is 45.4 Å². The van der Waals surface area contributed by atoms with E-state index >= 15 is 0 Å². The van der Waals surface area contributed by atoms with Crippen LogP contribution in [0.25, 0.3) is 0 Å². The molecule has 0 aromatic heterocycles. The summed E-state index contributed by atoms with van der Waals surface area (Å²) in [5.41, 5.74) is 0.915. The van der Waals surface area contributed by atoms with Crippen molar-refractivity contribution in [3.8, 4) is 0 Å². The molecule has 2 amide bonds. The molecule has 0 radical (unpaired) electrons. The average molecular weight is 370 g/mol. The van der Waals surface area contributed by atoms with Gasteiger partial charge in [0, 0.05) is 12.5 Å². The maximum Gasteiger partial charge on any atom is 0.256 e. The molecule has 0 bridgehead atoms. The molecule has 0 unspecified atom stereocenters. The highest BCUT2D eigenvalue weighted by molar-refractivity contribution is 7.89. The van der Waals surface area contributed by atoms with Crippen LogP contribution in [-0.4, -0.2) is 37.7 Å². The van der Waals surface area contributed by atoms with E-state index in [0.717, 1.165) is 0 Å². The maximum absolute atomic E-state index is 13.1. The van der Waals surface area contributed by atoms with Gasteiger partial charge >= 0.3 is 0 Å². The minimum Gasteiger partial charge on any atom is -0.330 e. The SMILES string of the molecule is Cc1cc(F)ccc1CS(=O)(=O)NC(=O)[C@@H]1CCCN1C(=O)C(C)C. The van der Waals surface area contributed by atoms with Crippen LogP contribution in [0.1, 0.15) is 37.8 Å². The van der Waals surface area contributed by atoms with Gasteiger partial charge in [0.2, 0.25) is 15.9 Å². The molecule has 1 fully saturated rings. The lowest BCUT2D eigenvalue weighted by Crippen LogP contribution is -2.48. The standard InChI is InChI=1S/C17H23FN2O4S/c1-11(2)17(22)20-8-4-5-15(20)16(21)19-25(23,24)10-13-6-7-14(18)9-12(13)3/h6-7,9,11,15H,4-5,8,10H2,1-3H3,(H,19,21)/t15-/m0/s1. The summed E-state index contributed by atoms with van der Waals surface area (Å²) in [6.45, 7) is 5.54. The van der Waals surface area contributed by atoms with Gasteiger partial charge in [0.25, 0.3) is 5.91 Å². The van der Waals surface area contributed by atoms with Crippen molar-refractivity contribution in [2.75, 3.05) is 6.54 Å². The lowest BCUT2D eigenvalue weighted by Gasteiger charge is -2.25. The second-order valence-electron chi connectivity index (χ2n) is 6.64. The minimum absolute atomic E-state index is 0.163. The van der Waals surface area contributed by atoms with Crippen LogP contribution in [0.4, 0.5) is 4.39 Å². The second-order valence-corrected chi connectivity index (χ2v) is 8.36. The Morgan fingerprint density at radius 3 is 2.64 bits per heavy atom. The van der Waals surface area contributed by atoms with Crippen molar-refractivity contribution in [1.82, 2.24) is 9.62 Å². The lowest BCUT2D eigenvalue weighted by molar-refractivity contribution is -0.140. The highest BCUT2D eigenvalue weighted by Gasteiger charge is 2.36. The van der Waals surface area contributed by atoms with Crippen molar-refractivity contribution in [2.24, 2.45) is 5.92 Å². The Bertz CT molecular complexity index is 777. The van der Waals surface area contributed by atoms with Crippen molar-refractivity contribution < 1.29 is 22.4 Å².